The lowest BCUT2D eigenvalue weighted by atomic mass is 9.99. The quantitative estimate of drug-likeness (QED) is 0.236. The first-order valence-corrected chi connectivity index (χ1v) is 13.0. The summed E-state index contributed by atoms with van der Waals surface area (Å²) in [6.07, 6.45) is 1.65. The van der Waals surface area contributed by atoms with Gasteiger partial charge in [-0.1, -0.05) is 115 Å². The van der Waals surface area contributed by atoms with Crippen LogP contribution in [0, 0.1) is 0 Å². The molecule has 2 heterocycles. The van der Waals surface area contributed by atoms with Crippen molar-refractivity contribution in [1.29, 1.82) is 0 Å². The zero-order valence-corrected chi connectivity index (χ0v) is 21.2. The third kappa shape index (κ3) is 4.62. The number of furan rings is 1. The molecule has 0 aliphatic rings. The molecule has 0 fully saturated rings. The molecule has 7 aromatic rings. The Morgan fingerprint density at radius 2 is 0.923 bits per heavy atom. The number of benzene rings is 5. The number of nitrogens with zero attached hydrogens (tertiary/aromatic N) is 2. The highest BCUT2D eigenvalue weighted by atomic mass is 16.3. The van der Waals surface area contributed by atoms with Gasteiger partial charge in [-0.15, -0.1) is 0 Å². The number of fused-ring (bicyclic) bond motifs is 1. The van der Waals surface area contributed by atoms with Gasteiger partial charge in [0.1, 0.15) is 0 Å². The van der Waals surface area contributed by atoms with E-state index >= 15 is 0 Å². The fourth-order valence-electron chi connectivity index (χ4n) is 4.93. The minimum atomic E-state index is 0.568. The largest absolute Gasteiger partial charge is 0.461 e. The molecule has 0 unspecified atom stereocenters. The van der Waals surface area contributed by atoms with Crippen LogP contribution in [0.1, 0.15) is 0 Å². The van der Waals surface area contributed by atoms with Gasteiger partial charge in [0.25, 0.3) is 0 Å². The van der Waals surface area contributed by atoms with Crippen molar-refractivity contribution in [1.82, 2.24) is 9.97 Å². The summed E-state index contributed by atoms with van der Waals surface area (Å²) in [6, 6.07) is 48.3. The summed E-state index contributed by atoms with van der Waals surface area (Å²) >= 11 is 0. The number of aromatic nitrogens is 2. The zero-order chi connectivity index (χ0) is 26.0. The molecule has 0 saturated heterocycles. The van der Waals surface area contributed by atoms with Crippen molar-refractivity contribution in [2.24, 2.45) is 0 Å². The number of rotatable bonds is 5. The molecule has 39 heavy (non-hydrogen) atoms. The molecule has 184 valence electrons. The van der Waals surface area contributed by atoms with Gasteiger partial charge in [0.05, 0.1) is 17.7 Å². The summed E-state index contributed by atoms with van der Waals surface area (Å²) in [5.74, 6) is 1.21. The number of hydrogen-bond acceptors (Lipinski definition) is 3. The summed E-state index contributed by atoms with van der Waals surface area (Å²) in [4.78, 5) is 9.74. The summed E-state index contributed by atoms with van der Waals surface area (Å²) in [5.41, 5.74) is 8.48. The molecular formula is C36H24N2O. The van der Waals surface area contributed by atoms with E-state index in [0.717, 1.165) is 22.5 Å². The van der Waals surface area contributed by atoms with Crippen LogP contribution in [0.5, 0.6) is 0 Å². The van der Waals surface area contributed by atoms with Crippen LogP contribution in [0.2, 0.25) is 0 Å². The highest BCUT2D eigenvalue weighted by Crippen LogP contribution is 2.31. The van der Waals surface area contributed by atoms with Crippen molar-refractivity contribution in [3.05, 3.63) is 146 Å². The van der Waals surface area contributed by atoms with Gasteiger partial charge in [0, 0.05) is 11.1 Å². The Bertz CT molecular complexity index is 1870. The summed E-state index contributed by atoms with van der Waals surface area (Å²) in [5, 5.41) is 2.48. The molecule has 0 N–H and O–H groups in total. The zero-order valence-electron chi connectivity index (χ0n) is 21.2. The van der Waals surface area contributed by atoms with Crippen LogP contribution in [0.4, 0.5) is 0 Å². The Morgan fingerprint density at radius 1 is 0.385 bits per heavy atom. The van der Waals surface area contributed by atoms with Crippen LogP contribution < -0.4 is 0 Å². The molecule has 0 spiro atoms. The van der Waals surface area contributed by atoms with E-state index < -0.39 is 0 Å². The second-order valence-corrected chi connectivity index (χ2v) is 9.52. The molecule has 0 amide bonds. The lowest BCUT2D eigenvalue weighted by molar-refractivity contribution is 0.577. The van der Waals surface area contributed by atoms with Gasteiger partial charge < -0.3 is 4.42 Å². The molecule has 3 heteroatoms. The highest BCUT2D eigenvalue weighted by molar-refractivity contribution is 5.87. The second kappa shape index (κ2) is 9.88. The van der Waals surface area contributed by atoms with E-state index in [-0.39, 0.29) is 0 Å². The van der Waals surface area contributed by atoms with E-state index in [1.54, 1.807) is 6.26 Å². The molecule has 0 atom stereocenters. The van der Waals surface area contributed by atoms with Crippen LogP contribution in [0.15, 0.2) is 150 Å². The maximum absolute atomic E-state index is 5.67. The van der Waals surface area contributed by atoms with Crippen molar-refractivity contribution in [2.75, 3.05) is 0 Å². The van der Waals surface area contributed by atoms with Gasteiger partial charge >= 0.3 is 0 Å². The van der Waals surface area contributed by atoms with Gasteiger partial charge in [-0.3, -0.25) is 0 Å². The maximum atomic E-state index is 5.67. The lowest BCUT2D eigenvalue weighted by Gasteiger charge is -2.10. The molecule has 5 aromatic carbocycles. The Kier molecular flexibility index (Phi) is 5.80. The smallest absolute Gasteiger partial charge is 0.196 e. The predicted molar refractivity (Wildman–Crippen MR) is 159 cm³/mol. The molecule has 2 aromatic heterocycles. The van der Waals surface area contributed by atoms with Crippen molar-refractivity contribution in [2.45, 2.75) is 0 Å². The first-order chi connectivity index (χ1) is 19.3. The predicted octanol–water partition coefficient (Wildman–Crippen LogP) is 9.56. The monoisotopic (exact) mass is 500 g/mol. The van der Waals surface area contributed by atoms with Crippen LogP contribution in [-0.2, 0) is 0 Å². The van der Waals surface area contributed by atoms with E-state index in [9.17, 15) is 0 Å². The Labute approximate surface area is 227 Å². The fraction of sp³-hybridized carbons (Fsp3) is 0. The fourth-order valence-corrected chi connectivity index (χ4v) is 4.93. The van der Waals surface area contributed by atoms with E-state index in [0.29, 0.717) is 11.6 Å². The normalized spacial score (nSPS) is 11.1. The third-order valence-electron chi connectivity index (χ3n) is 7.02. The lowest BCUT2D eigenvalue weighted by Crippen LogP contribution is -1.95. The maximum Gasteiger partial charge on any atom is 0.196 e. The average Bonchev–Trinajstić information content (AvgIpc) is 3.57. The Balaban J connectivity index is 1.26. The second-order valence-electron chi connectivity index (χ2n) is 9.52. The summed E-state index contributed by atoms with van der Waals surface area (Å²) < 4.78 is 5.67. The standard InChI is InChI=1S/C36H24N2O/c1-2-7-25(8-3-1)27-12-17-29(18-13-27)33-24-34(38-36(37-33)35-11-6-22-39-35)30-19-14-28(15-20-30)32-21-16-26-9-4-5-10-31(26)23-32/h1-24H. The van der Waals surface area contributed by atoms with Crippen molar-refractivity contribution >= 4 is 10.8 Å². The highest BCUT2D eigenvalue weighted by Gasteiger charge is 2.13. The van der Waals surface area contributed by atoms with Crippen LogP contribution in [0.3, 0.4) is 0 Å². The molecule has 7 rings (SSSR count). The van der Waals surface area contributed by atoms with Crippen LogP contribution in [0.25, 0.3) is 67.1 Å². The van der Waals surface area contributed by atoms with E-state index in [2.05, 4.69) is 121 Å². The first-order valence-electron chi connectivity index (χ1n) is 13.0. The van der Waals surface area contributed by atoms with Gasteiger partial charge in [-0.2, -0.15) is 0 Å². The van der Waals surface area contributed by atoms with Crippen molar-refractivity contribution in [3.63, 3.8) is 0 Å². The minimum Gasteiger partial charge on any atom is -0.461 e. The van der Waals surface area contributed by atoms with Gasteiger partial charge in [0.15, 0.2) is 11.6 Å². The topological polar surface area (TPSA) is 38.9 Å². The van der Waals surface area contributed by atoms with Gasteiger partial charge in [-0.25, -0.2) is 9.97 Å². The molecule has 3 nitrogen and oxygen atoms in total. The molecule has 0 aliphatic carbocycles. The first kappa shape index (κ1) is 22.9. The van der Waals surface area contributed by atoms with Gasteiger partial charge in [0.2, 0.25) is 0 Å². The Hall–Kier alpha value is -5.28. The van der Waals surface area contributed by atoms with Gasteiger partial charge in [-0.05, 0) is 57.3 Å². The molecule has 0 aliphatic heterocycles. The Morgan fingerprint density at radius 3 is 1.56 bits per heavy atom. The average molecular weight is 501 g/mol. The SMILES string of the molecule is c1ccc(-c2ccc(-c3cc(-c4ccc(-c5ccc6ccccc6c5)cc4)nc(-c4ccco4)n3)cc2)cc1. The van der Waals surface area contributed by atoms with Crippen LogP contribution >= 0.6 is 0 Å². The minimum absolute atomic E-state index is 0.568. The van der Waals surface area contributed by atoms with E-state index in [4.69, 9.17) is 14.4 Å². The molecular weight excluding hydrogens is 476 g/mol. The van der Waals surface area contributed by atoms with Crippen molar-refractivity contribution < 1.29 is 4.42 Å². The molecule has 0 radical (unpaired) electrons. The van der Waals surface area contributed by atoms with E-state index in [1.165, 1.54) is 33.0 Å². The molecule has 0 bridgehead atoms. The number of hydrogen-bond donors (Lipinski definition) is 0. The third-order valence-corrected chi connectivity index (χ3v) is 7.02. The van der Waals surface area contributed by atoms with Crippen LogP contribution in [-0.4, -0.2) is 9.97 Å². The van der Waals surface area contributed by atoms with E-state index in [1.807, 2.05) is 18.2 Å². The summed E-state index contributed by atoms with van der Waals surface area (Å²) in [6.45, 7) is 0. The molecule has 0 saturated carbocycles. The summed E-state index contributed by atoms with van der Waals surface area (Å²) in [7, 11) is 0. The van der Waals surface area contributed by atoms with Crippen molar-refractivity contribution in [3.8, 4) is 56.4 Å².